The Labute approximate surface area is 177 Å². The lowest BCUT2D eigenvalue weighted by atomic mass is 10.1. The van der Waals surface area contributed by atoms with Gasteiger partial charge >= 0.3 is 0 Å². The van der Waals surface area contributed by atoms with Crippen molar-refractivity contribution in [2.45, 2.75) is 6.92 Å². The van der Waals surface area contributed by atoms with Gasteiger partial charge in [-0.25, -0.2) is 4.98 Å². The molecule has 0 aliphatic carbocycles. The minimum absolute atomic E-state index is 0.0508. The van der Waals surface area contributed by atoms with Gasteiger partial charge in [0.05, 0.1) is 28.0 Å². The number of aromatic nitrogens is 2. The fraction of sp³-hybridized carbons (Fsp3) is 0.0833. The number of para-hydroxylation sites is 3. The van der Waals surface area contributed by atoms with Crippen LogP contribution < -0.4 is 15.8 Å². The summed E-state index contributed by atoms with van der Waals surface area (Å²) in [6.45, 7) is 1.72. The van der Waals surface area contributed by atoms with Crippen LogP contribution in [-0.2, 0) is 4.79 Å². The second-order valence-electron chi connectivity index (χ2n) is 7.32. The molecule has 0 saturated heterocycles. The van der Waals surface area contributed by atoms with E-state index >= 15 is 0 Å². The molecule has 1 N–H and O–H groups in total. The number of benzene rings is 3. The summed E-state index contributed by atoms with van der Waals surface area (Å²) in [6.07, 6.45) is 0. The quantitative estimate of drug-likeness (QED) is 0.550. The summed E-state index contributed by atoms with van der Waals surface area (Å²) in [6, 6.07) is 21.1. The zero-order valence-electron chi connectivity index (χ0n) is 16.7. The summed E-state index contributed by atoms with van der Waals surface area (Å²) in [5, 5.41) is 3.31. The Kier molecular flexibility index (Phi) is 4.36. The minimum atomic E-state index is -0.283. The number of nitrogens with one attached hydrogen (secondary N) is 1. The van der Waals surface area contributed by atoms with Gasteiger partial charge in [-0.15, -0.1) is 0 Å². The molecule has 7 heteroatoms. The van der Waals surface area contributed by atoms with Crippen LogP contribution in [0.4, 0.5) is 11.4 Å². The molecule has 0 bridgehead atoms. The molecule has 0 saturated carbocycles. The largest absolute Gasteiger partial charge is 0.323 e. The fourth-order valence-corrected chi connectivity index (χ4v) is 3.87. The van der Waals surface area contributed by atoms with Gasteiger partial charge in [-0.1, -0.05) is 24.3 Å². The van der Waals surface area contributed by atoms with Crippen molar-refractivity contribution in [2.24, 2.45) is 0 Å². The number of nitrogens with zero attached hydrogens (tertiary/aromatic N) is 3. The van der Waals surface area contributed by atoms with E-state index in [2.05, 4.69) is 10.3 Å². The van der Waals surface area contributed by atoms with Gasteiger partial charge < -0.3 is 5.32 Å². The van der Waals surface area contributed by atoms with Crippen molar-refractivity contribution in [2.75, 3.05) is 16.8 Å². The lowest BCUT2D eigenvalue weighted by Crippen LogP contribution is -2.42. The van der Waals surface area contributed by atoms with Crippen LogP contribution in [0.3, 0.4) is 0 Å². The zero-order valence-corrected chi connectivity index (χ0v) is 16.7. The number of carbonyl (C=O) groups is 2. The van der Waals surface area contributed by atoms with Crippen LogP contribution >= 0.6 is 0 Å². The summed E-state index contributed by atoms with van der Waals surface area (Å²) in [4.78, 5) is 44.1. The van der Waals surface area contributed by atoms with Gasteiger partial charge in [0.1, 0.15) is 12.4 Å². The van der Waals surface area contributed by atoms with Gasteiger partial charge in [0.2, 0.25) is 5.91 Å². The van der Waals surface area contributed by atoms with E-state index in [0.717, 1.165) is 0 Å². The molecule has 2 amide bonds. The Balaban J connectivity index is 1.52. The molecule has 2 heterocycles. The van der Waals surface area contributed by atoms with Gasteiger partial charge in [-0.3, -0.25) is 23.9 Å². The van der Waals surface area contributed by atoms with Crippen molar-refractivity contribution < 1.29 is 9.59 Å². The molecule has 1 aromatic heterocycles. The Morgan fingerprint density at radius 2 is 1.65 bits per heavy atom. The maximum absolute atomic E-state index is 13.1. The molecule has 3 aromatic carbocycles. The second kappa shape index (κ2) is 7.21. The number of anilines is 2. The van der Waals surface area contributed by atoms with E-state index in [9.17, 15) is 14.4 Å². The van der Waals surface area contributed by atoms with Gasteiger partial charge in [0, 0.05) is 5.56 Å². The average molecular weight is 410 g/mol. The van der Waals surface area contributed by atoms with Crippen LogP contribution in [0, 0.1) is 6.92 Å². The number of hydrogen-bond donors (Lipinski definition) is 1. The SMILES string of the molecule is Cc1nc2ccccc2c(=O)n1-c1ccc(C(=O)N2CC(=O)Nc3ccccc32)cc1. The molecule has 1 aliphatic rings. The smallest absolute Gasteiger partial charge is 0.265 e. The van der Waals surface area contributed by atoms with E-state index in [0.29, 0.717) is 39.4 Å². The Morgan fingerprint density at radius 3 is 2.45 bits per heavy atom. The highest BCUT2D eigenvalue weighted by atomic mass is 16.2. The summed E-state index contributed by atoms with van der Waals surface area (Å²) in [5.41, 5.74) is 2.79. The number of aryl methyl sites for hydroxylation is 1. The van der Waals surface area contributed by atoms with Gasteiger partial charge in [0.15, 0.2) is 0 Å². The first-order valence-corrected chi connectivity index (χ1v) is 9.82. The van der Waals surface area contributed by atoms with Crippen molar-refractivity contribution >= 4 is 34.1 Å². The molecule has 152 valence electrons. The molecule has 0 radical (unpaired) electrons. The molecule has 0 spiro atoms. The molecule has 0 unspecified atom stereocenters. The highest BCUT2D eigenvalue weighted by Gasteiger charge is 2.27. The zero-order chi connectivity index (χ0) is 21.5. The van der Waals surface area contributed by atoms with E-state index in [1.807, 2.05) is 18.2 Å². The normalized spacial score (nSPS) is 13.1. The monoisotopic (exact) mass is 410 g/mol. The second-order valence-corrected chi connectivity index (χ2v) is 7.32. The van der Waals surface area contributed by atoms with Crippen LogP contribution in [0.1, 0.15) is 16.2 Å². The molecule has 0 atom stereocenters. The Bertz CT molecular complexity index is 1410. The first-order chi connectivity index (χ1) is 15.0. The lowest BCUT2D eigenvalue weighted by Gasteiger charge is -2.29. The first kappa shape index (κ1) is 18.7. The molecule has 31 heavy (non-hydrogen) atoms. The fourth-order valence-electron chi connectivity index (χ4n) is 3.87. The topological polar surface area (TPSA) is 84.3 Å². The van der Waals surface area contributed by atoms with E-state index in [-0.39, 0.29) is 23.9 Å². The van der Waals surface area contributed by atoms with Gasteiger partial charge in [0.25, 0.3) is 11.5 Å². The van der Waals surface area contributed by atoms with Gasteiger partial charge in [-0.2, -0.15) is 0 Å². The number of rotatable bonds is 2. The Hall–Kier alpha value is -4.26. The molecule has 1 aliphatic heterocycles. The third-order valence-electron chi connectivity index (χ3n) is 5.33. The summed E-state index contributed by atoms with van der Waals surface area (Å²) in [5.74, 6) is 0.0343. The average Bonchev–Trinajstić information content (AvgIpc) is 2.78. The lowest BCUT2D eigenvalue weighted by molar-refractivity contribution is -0.115. The summed E-state index contributed by atoms with van der Waals surface area (Å²) < 4.78 is 1.53. The predicted molar refractivity (Wildman–Crippen MR) is 119 cm³/mol. The Morgan fingerprint density at radius 1 is 0.935 bits per heavy atom. The first-order valence-electron chi connectivity index (χ1n) is 9.82. The van der Waals surface area contributed by atoms with Crippen LogP contribution in [-0.4, -0.2) is 27.9 Å². The van der Waals surface area contributed by atoms with Crippen LogP contribution in [0.15, 0.2) is 77.6 Å². The number of hydrogen-bond acceptors (Lipinski definition) is 4. The summed E-state index contributed by atoms with van der Waals surface area (Å²) >= 11 is 0. The molecule has 7 nitrogen and oxygen atoms in total. The standard InChI is InChI=1S/C24H18N4O3/c1-15-25-19-7-3-2-6-18(19)24(31)28(15)17-12-10-16(11-13-17)23(30)27-14-22(29)26-20-8-4-5-9-21(20)27/h2-13H,14H2,1H3,(H,26,29). The third-order valence-corrected chi connectivity index (χ3v) is 5.33. The molecule has 0 fully saturated rings. The van der Waals surface area contributed by atoms with Crippen molar-refractivity contribution in [1.82, 2.24) is 9.55 Å². The van der Waals surface area contributed by atoms with Crippen molar-refractivity contribution in [1.29, 1.82) is 0 Å². The van der Waals surface area contributed by atoms with E-state index in [1.165, 1.54) is 9.47 Å². The van der Waals surface area contributed by atoms with E-state index < -0.39 is 0 Å². The van der Waals surface area contributed by atoms with Crippen molar-refractivity contribution in [3.05, 3.63) is 94.5 Å². The molecule has 5 rings (SSSR count). The van der Waals surface area contributed by atoms with Crippen molar-refractivity contribution in [3.8, 4) is 5.69 Å². The maximum atomic E-state index is 13.1. The molecule has 4 aromatic rings. The molecular formula is C24H18N4O3. The minimum Gasteiger partial charge on any atom is -0.323 e. The highest BCUT2D eigenvalue weighted by Crippen LogP contribution is 2.30. The van der Waals surface area contributed by atoms with Crippen LogP contribution in [0.25, 0.3) is 16.6 Å². The third kappa shape index (κ3) is 3.16. The number of fused-ring (bicyclic) bond motifs is 2. The van der Waals surface area contributed by atoms with E-state index in [4.69, 9.17) is 0 Å². The van der Waals surface area contributed by atoms with Crippen molar-refractivity contribution in [3.63, 3.8) is 0 Å². The van der Waals surface area contributed by atoms with Crippen LogP contribution in [0.2, 0.25) is 0 Å². The van der Waals surface area contributed by atoms with Crippen LogP contribution in [0.5, 0.6) is 0 Å². The number of amides is 2. The van der Waals surface area contributed by atoms with Gasteiger partial charge in [-0.05, 0) is 55.5 Å². The van der Waals surface area contributed by atoms with E-state index in [1.54, 1.807) is 61.5 Å². The highest BCUT2D eigenvalue weighted by molar-refractivity contribution is 6.15. The summed E-state index contributed by atoms with van der Waals surface area (Å²) in [7, 11) is 0. The number of carbonyl (C=O) groups excluding carboxylic acids is 2. The predicted octanol–water partition coefficient (Wildman–Crippen LogP) is 3.29. The molecular weight excluding hydrogens is 392 g/mol. The maximum Gasteiger partial charge on any atom is 0.265 e.